The number of methoxy groups -OCH3 is 1. The fourth-order valence-electron chi connectivity index (χ4n) is 1.69. The van der Waals surface area contributed by atoms with Gasteiger partial charge in [-0.2, -0.15) is 9.97 Å². The molecule has 0 unspecified atom stereocenters. The zero-order valence-corrected chi connectivity index (χ0v) is 12.7. The molecule has 1 aromatic heterocycles. The Morgan fingerprint density at radius 2 is 2.00 bits per heavy atom. The second kappa shape index (κ2) is 7.35. The van der Waals surface area contributed by atoms with Gasteiger partial charge in [0.2, 0.25) is 0 Å². The summed E-state index contributed by atoms with van der Waals surface area (Å²) in [6, 6.07) is 7.61. The number of ether oxygens (including phenoxy) is 1. The van der Waals surface area contributed by atoms with Gasteiger partial charge >= 0.3 is 6.01 Å². The van der Waals surface area contributed by atoms with Gasteiger partial charge in [0.05, 0.1) is 13.3 Å². The third-order valence-corrected chi connectivity index (χ3v) is 2.82. The minimum Gasteiger partial charge on any atom is -0.497 e. The molecule has 0 fully saturated rings. The van der Waals surface area contributed by atoms with E-state index >= 15 is 0 Å². The van der Waals surface area contributed by atoms with E-state index in [0.717, 1.165) is 17.5 Å². The Morgan fingerprint density at radius 3 is 2.64 bits per heavy atom. The van der Waals surface area contributed by atoms with Crippen molar-refractivity contribution < 1.29 is 14.0 Å². The first-order chi connectivity index (χ1) is 10.6. The highest BCUT2D eigenvalue weighted by Gasteiger charge is 2.09. The van der Waals surface area contributed by atoms with Crippen LogP contribution in [0.2, 0.25) is 0 Å². The molecule has 6 nitrogen and oxygen atoms in total. The molecule has 0 spiro atoms. The fourth-order valence-corrected chi connectivity index (χ4v) is 1.69. The van der Waals surface area contributed by atoms with Crippen molar-refractivity contribution in [3.63, 3.8) is 0 Å². The number of anilines is 1. The Kier molecular flexibility index (Phi) is 5.24. The Bertz CT molecular complexity index is 644. The summed E-state index contributed by atoms with van der Waals surface area (Å²) in [5, 5.41) is 3.79. The summed E-state index contributed by atoms with van der Waals surface area (Å²) in [6.45, 7) is 0. The Labute approximate surface area is 128 Å². The van der Waals surface area contributed by atoms with E-state index in [2.05, 4.69) is 15.1 Å². The van der Waals surface area contributed by atoms with E-state index in [1.165, 1.54) is 4.90 Å². The molecule has 0 aliphatic carbocycles. The zero-order chi connectivity index (χ0) is 15.9. The predicted molar refractivity (Wildman–Crippen MR) is 82.1 cm³/mol. The molecule has 0 saturated carbocycles. The van der Waals surface area contributed by atoms with Crippen molar-refractivity contribution in [1.29, 1.82) is 0 Å². The van der Waals surface area contributed by atoms with E-state index in [0.29, 0.717) is 6.42 Å². The van der Waals surface area contributed by atoms with E-state index in [4.69, 9.17) is 9.57 Å². The highest BCUT2D eigenvalue weighted by molar-refractivity contribution is 5.61. The number of hydrogen-bond donors (Lipinski definition) is 0. The molecule has 0 amide bonds. The Morgan fingerprint density at radius 1 is 1.27 bits per heavy atom. The minimum atomic E-state index is -0.514. The van der Waals surface area contributed by atoms with Gasteiger partial charge in [-0.15, -0.1) is 0 Å². The van der Waals surface area contributed by atoms with Crippen LogP contribution in [-0.4, -0.2) is 37.4 Å². The maximum atomic E-state index is 13.4. The van der Waals surface area contributed by atoms with Crippen molar-refractivity contribution in [1.82, 2.24) is 9.97 Å². The second-order valence-electron chi connectivity index (χ2n) is 4.65. The van der Waals surface area contributed by atoms with Crippen LogP contribution in [0.1, 0.15) is 5.56 Å². The van der Waals surface area contributed by atoms with E-state index in [9.17, 15) is 4.39 Å². The van der Waals surface area contributed by atoms with Crippen molar-refractivity contribution in [2.75, 3.05) is 26.1 Å². The lowest BCUT2D eigenvalue weighted by Crippen LogP contribution is -2.13. The SMILES string of the molecule is COc1ccc(C/C=N/Oc2ncc(F)c(N(C)C)n2)cc1. The summed E-state index contributed by atoms with van der Waals surface area (Å²) >= 11 is 0. The summed E-state index contributed by atoms with van der Waals surface area (Å²) in [7, 11) is 4.99. The Hall–Kier alpha value is -2.70. The zero-order valence-electron chi connectivity index (χ0n) is 12.7. The smallest absolute Gasteiger partial charge is 0.347 e. The van der Waals surface area contributed by atoms with E-state index < -0.39 is 5.82 Å². The third-order valence-electron chi connectivity index (χ3n) is 2.82. The van der Waals surface area contributed by atoms with Gasteiger partial charge in [-0.25, -0.2) is 4.39 Å². The molecule has 7 heteroatoms. The summed E-state index contributed by atoms with van der Waals surface area (Å²) in [5.74, 6) is 0.433. The van der Waals surface area contributed by atoms with Crippen molar-refractivity contribution in [2.45, 2.75) is 6.42 Å². The van der Waals surface area contributed by atoms with Gasteiger partial charge in [0.25, 0.3) is 0 Å². The van der Waals surface area contributed by atoms with Gasteiger partial charge in [0.1, 0.15) is 5.75 Å². The van der Waals surface area contributed by atoms with Gasteiger partial charge in [-0.3, -0.25) is 0 Å². The molecule has 1 aromatic carbocycles. The summed E-state index contributed by atoms with van der Waals surface area (Å²) in [5.41, 5.74) is 1.06. The molecule has 22 heavy (non-hydrogen) atoms. The van der Waals surface area contributed by atoms with Crippen LogP contribution in [0.25, 0.3) is 0 Å². The highest BCUT2D eigenvalue weighted by Crippen LogP contribution is 2.15. The van der Waals surface area contributed by atoms with E-state index in [-0.39, 0.29) is 11.8 Å². The highest BCUT2D eigenvalue weighted by atomic mass is 19.1. The lowest BCUT2D eigenvalue weighted by Gasteiger charge is -2.11. The van der Waals surface area contributed by atoms with Gasteiger partial charge < -0.3 is 14.5 Å². The van der Waals surface area contributed by atoms with Crippen LogP contribution in [-0.2, 0) is 6.42 Å². The predicted octanol–water partition coefficient (Wildman–Crippen LogP) is 2.30. The normalized spacial score (nSPS) is 10.7. The van der Waals surface area contributed by atoms with Gasteiger partial charge in [-0.05, 0) is 17.7 Å². The molecule has 2 rings (SSSR count). The van der Waals surface area contributed by atoms with Crippen molar-refractivity contribution in [3.8, 4) is 11.8 Å². The molecule has 0 saturated heterocycles. The first-order valence-electron chi connectivity index (χ1n) is 6.62. The van der Waals surface area contributed by atoms with Crippen LogP contribution >= 0.6 is 0 Å². The maximum absolute atomic E-state index is 13.4. The fraction of sp³-hybridized carbons (Fsp3) is 0.267. The number of hydrogen-bond acceptors (Lipinski definition) is 6. The average molecular weight is 304 g/mol. The number of nitrogens with zero attached hydrogens (tertiary/aromatic N) is 4. The monoisotopic (exact) mass is 304 g/mol. The largest absolute Gasteiger partial charge is 0.497 e. The van der Waals surface area contributed by atoms with Gasteiger partial charge in [0, 0.05) is 26.7 Å². The molecule has 0 radical (unpaired) electrons. The minimum absolute atomic E-state index is 0.00363. The third kappa shape index (κ3) is 4.15. The molecule has 0 aliphatic rings. The molecule has 0 bridgehead atoms. The van der Waals surface area contributed by atoms with Crippen LogP contribution in [0, 0.1) is 5.82 Å². The van der Waals surface area contributed by atoms with Gasteiger partial charge in [-0.1, -0.05) is 17.3 Å². The van der Waals surface area contributed by atoms with Crippen LogP contribution in [0.4, 0.5) is 10.2 Å². The molecule has 0 N–H and O–H groups in total. The molecule has 2 aromatic rings. The molecule has 0 aliphatic heterocycles. The quantitative estimate of drug-likeness (QED) is 0.605. The summed E-state index contributed by atoms with van der Waals surface area (Å²) < 4.78 is 18.5. The molecule has 116 valence electrons. The number of oxime groups is 1. The second-order valence-corrected chi connectivity index (χ2v) is 4.65. The first-order valence-corrected chi connectivity index (χ1v) is 6.62. The molecule has 1 heterocycles. The van der Waals surface area contributed by atoms with Crippen molar-refractivity contribution in [3.05, 3.63) is 41.8 Å². The summed E-state index contributed by atoms with van der Waals surface area (Å²) in [4.78, 5) is 14.2. The summed E-state index contributed by atoms with van der Waals surface area (Å²) in [6.07, 6.45) is 3.23. The lowest BCUT2D eigenvalue weighted by atomic mass is 10.2. The average Bonchev–Trinajstić information content (AvgIpc) is 2.53. The van der Waals surface area contributed by atoms with Crippen LogP contribution in [0.3, 0.4) is 0 Å². The number of halogens is 1. The van der Waals surface area contributed by atoms with Crippen LogP contribution in [0.15, 0.2) is 35.6 Å². The molecule has 0 atom stereocenters. The number of aromatic nitrogens is 2. The van der Waals surface area contributed by atoms with E-state index in [1.54, 1.807) is 27.4 Å². The maximum Gasteiger partial charge on any atom is 0.347 e. The topological polar surface area (TPSA) is 59.8 Å². The molecular weight excluding hydrogens is 287 g/mol. The number of benzene rings is 1. The van der Waals surface area contributed by atoms with Crippen LogP contribution in [0.5, 0.6) is 11.8 Å². The molecular formula is C15H17FN4O2. The van der Waals surface area contributed by atoms with Crippen molar-refractivity contribution >= 4 is 12.0 Å². The van der Waals surface area contributed by atoms with Gasteiger partial charge in [0.15, 0.2) is 11.6 Å². The lowest BCUT2D eigenvalue weighted by molar-refractivity contribution is 0.312. The van der Waals surface area contributed by atoms with Crippen LogP contribution < -0.4 is 14.5 Å². The Balaban J connectivity index is 1.93. The van der Waals surface area contributed by atoms with E-state index in [1.807, 2.05) is 24.3 Å². The first kappa shape index (κ1) is 15.7. The number of rotatable bonds is 6. The standard InChI is InChI=1S/C15H17FN4O2/c1-20(2)14-13(16)10-17-15(19-14)22-18-9-8-11-4-6-12(21-3)7-5-11/h4-7,9-10H,8H2,1-3H3/b18-9+. The van der Waals surface area contributed by atoms with Crippen molar-refractivity contribution in [2.24, 2.45) is 5.16 Å².